The predicted molar refractivity (Wildman–Crippen MR) is 127 cm³/mol. The Bertz CT molecular complexity index is 1180. The van der Waals surface area contributed by atoms with Crippen LogP contribution < -0.4 is 15.5 Å². The fraction of sp³-hybridized carbons (Fsp3) is 0.440. The molecule has 0 aliphatic carbocycles. The zero-order chi connectivity index (χ0) is 22.2. The van der Waals surface area contributed by atoms with E-state index in [-0.39, 0.29) is 6.04 Å². The average Bonchev–Trinajstić information content (AvgIpc) is 3.25. The largest absolute Gasteiger partial charge is 0.362 e. The Morgan fingerprint density at radius 3 is 2.91 bits per heavy atom. The van der Waals surface area contributed by atoms with Crippen molar-refractivity contribution >= 4 is 22.4 Å². The molecule has 4 heterocycles. The van der Waals surface area contributed by atoms with Gasteiger partial charge in [-0.2, -0.15) is 10.4 Å². The van der Waals surface area contributed by atoms with E-state index in [1.54, 1.807) is 0 Å². The van der Waals surface area contributed by atoms with E-state index >= 15 is 0 Å². The molecule has 32 heavy (non-hydrogen) atoms. The molecule has 0 spiro atoms. The van der Waals surface area contributed by atoms with Crippen molar-refractivity contribution in [1.82, 2.24) is 20.5 Å². The summed E-state index contributed by atoms with van der Waals surface area (Å²) in [5, 5.41) is 27.5. The summed E-state index contributed by atoms with van der Waals surface area (Å²) in [5.41, 5.74) is 3.65. The Hall–Kier alpha value is -3.24. The first-order valence-electron chi connectivity index (χ1n) is 11.4. The third-order valence-corrected chi connectivity index (χ3v) is 7.07. The lowest BCUT2D eigenvalue weighted by Gasteiger charge is -2.24. The van der Waals surface area contributed by atoms with Gasteiger partial charge in [0.05, 0.1) is 23.4 Å². The van der Waals surface area contributed by atoms with Gasteiger partial charge in [0.1, 0.15) is 5.82 Å². The molecule has 2 aliphatic rings. The van der Waals surface area contributed by atoms with E-state index in [9.17, 15) is 5.26 Å². The fourth-order valence-electron chi connectivity index (χ4n) is 5.20. The van der Waals surface area contributed by atoms with Crippen molar-refractivity contribution in [2.75, 3.05) is 29.9 Å². The lowest BCUT2D eigenvalue weighted by atomic mass is 9.94. The van der Waals surface area contributed by atoms with Gasteiger partial charge in [-0.15, -0.1) is 5.10 Å². The Kier molecular flexibility index (Phi) is 5.40. The van der Waals surface area contributed by atoms with E-state index in [4.69, 9.17) is 4.98 Å². The molecule has 0 saturated carbocycles. The van der Waals surface area contributed by atoms with Gasteiger partial charge in [0, 0.05) is 36.1 Å². The highest BCUT2D eigenvalue weighted by Gasteiger charge is 2.34. The third kappa shape index (κ3) is 3.65. The molecule has 0 bridgehead atoms. The quantitative estimate of drug-likeness (QED) is 0.653. The SMILES string of the molecule is Cc1c(C#N)cccc1[C@@H](C)Nc1nnc(C)c2cnc(N3CC4CCCNC4C3)cc12. The van der Waals surface area contributed by atoms with Crippen LogP contribution in [-0.2, 0) is 0 Å². The van der Waals surface area contributed by atoms with Crippen LogP contribution in [0.15, 0.2) is 30.5 Å². The fourth-order valence-corrected chi connectivity index (χ4v) is 5.20. The number of pyridine rings is 1. The summed E-state index contributed by atoms with van der Waals surface area (Å²) in [5.74, 6) is 2.45. The molecule has 7 heteroatoms. The Labute approximate surface area is 188 Å². The smallest absolute Gasteiger partial charge is 0.157 e. The number of aromatic nitrogens is 3. The summed E-state index contributed by atoms with van der Waals surface area (Å²) >= 11 is 0. The highest BCUT2D eigenvalue weighted by atomic mass is 15.2. The van der Waals surface area contributed by atoms with Crippen LogP contribution in [0.4, 0.5) is 11.6 Å². The van der Waals surface area contributed by atoms with Crippen molar-refractivity contribution in [3.8, 4) is 6.07 Å². The number of aryl methyl sites for hydroxylation is 1. The minimum absolute atomic E-state index is 0.0148. The van der Waals surface area contributed by atoms with Gasteiger partial charge in [0.2, 0.25) is 0 Å². The van der Waals surface area contributed by atoms with Crippen LogP contribution in [0.2, 0.25) is 0 Å². The first kappa shape index (κ1) is 20.7. The molecule has 3 aromatic rings. The highest BCUT2D eigenvalue weighted by molar-refractivity contribution is 5.94. The predicted octanol–water partition coefficient (Wildman–Crippen LogP) is 3.87. The van der Waals surface area contributed by atoms with Crippen LogP contribution in [0.1, 0.15) is 48.2 Å². The van der Waals surface area contributed by atoms with Gasteiger partial charge in [-0.05, 0) is 69.3 Å². The zero-order valence-electron chi connectivity index (χ0n) is 18.9. The van der Waals surface area contributed by atoms with E-state index in [1.807, 2.05) is 32.2 Å². The Morgan fingerprint density at radius 2 is 2.09 bits per heavy atom. The molecular weight excluding hydrogens is 398 g/mol. The number of benzene rings is 1. The number of hydrogen-bond acceptors (Lipinski definition) is 7. The van der Waals surface area contributed by atoms with Gasteiger partial charge in [0.15, 0.2) is 5.82 Å². The van der Waals surface area contributed by atoms with Crippen molar-refractivity contribution < 1.29 is 0 Å². The van der Waals surface area contributed by atoms with Gasteiger partial charge in [-0.25, -0.2) is 4.98 Å². The van der Waals surface area contributed by atoms with Crippen molar-refractivity contribution in [2.45, 2.75) is 45.7 Å². The van der Waals surface area contributed by atoms with Crippen molar-refractivity contribution in [3.05, 3.63) is 52.8 Å². The van der Waals surface area contributed by atoms with E-state index in [2.05, 4.69) is 50.9 Å². The standard InChI is InChI=1S/C25H29N7/c1-15-18(11-26)6-4-8-20(15)16(2)29-25-21-10-24(28-12-22(21)17(3)30-31-25)32-13-19-7-5-9-27-23(19)14-32/h4,6,8,10,12,16,19,23,27H,5,7,9,13-14H2,1-3H3,(H,29,31)/t16-,19?,23?/m1/s1. The molecule has 5 rings (SSSR count). The van der Waals surface area contributed by atoms with Gasteiger partial charge in [-0.3, -0.25) is 0 Å². The van der Waals surface area contributed by atoms with Crippen molar-refractivity contribution in [3.63, 3.8) is 0 Å². The summed E-state index contributed by atoms with van der Waals surface area (Å²) in [6, 6.07) is 10.8. The van der Waals surface area contributed by atoms with E-state index in [0.717, 1.165) is 58.9 Å². The molecule has 2 unspecified atom stereocenters. The van der Waals surface area contributed by atoms with Crippen LogP contribution in [0.3, 0.4) is 0 Å². The van der Waals surface area contributed by atoms with Crippen LogP contribution in [-0.4, -0.2) is 40.9 Å². The van der Waals surface area contributed by atoms with Gasteiger partial charge >= 0.3 is 0 Å². The van der Waals surface area contributed by atoms with Crippen molar-refractivity contribution in [2.24, 2.45) is 5.92 Å². The molecule has 0 radical (unpaired) electrons. The topological polar surface area (TPSA) is 89.8 Å². The second-order valence-corrected chi connectivity index (χ2v) is 9.09. The van der Waals surface area contributed by atoms with E-state index < -0.39 is 0 Å². The third-order valence-electron chi connectivity index (χ3n) is 7.07. The number of nitrogens with one attached hydrogen (secondary N) is 2. The number of nitriles is 1. The second-order valence-electron chi connectivity index (χ2n) is 9.09. The number of anilines is 2. The van der Waals surface area contributed by atoms with Gasteiger partial charge in [-0.1, -0.05) is 12.1 Å². The van der Waals surface area contributed by atoms with Crippen molar-refractivity contribution in [1.29, 1.82) is 5.26 Å². The Morgan fingerprint density at radius 1 is 1.22 bits per heavy atom. The molecule has 2 fully saturated rings. The molecule has 2 aliphatic heterocycles. The maximum Gasteiger partial charge on any atom is 0.157 e. The maximum atomic E-state index is 9.39. The molecule has 2 aromatic heterocycles. The van der Waals surface area contributed by atoms with Crippen LogP contribution >= 0.6 is 0 Å². The van der Waals surface area contributed by atoms with E-state index in [1.165, 1.54) is 12.8 Å². The molecule has 0 amide bonds. The lowest BCUT2D eigenvalue weighted by Crippen LogP contribution is -2.40. The first-order valence-corrected chi connectivity index (χ1v) is 11.4. The summed E-state index contributed by atoms with van der Waals surface area (Å²) < 4.78 is 0. The summed E-state index contributed by atoms with van der Waals surface area (Å²) in [4.78, 5) is 7.19. The second kappa shape index (κ2) is 8.36. The minimum atomic E-state index is -0.0148. The molecule has 2 N–H and O–H groups in total. The summed E-state index contributed by atoms with van der Waals surface area (Å²) in [6.07, 6.45) is 4.48. The lowest BCUT2D eigenvalue weighted by molar-refractivity contribution is 0.340. The number of nitrogens with zero attached hydrogens (tertiary/aromatic N) is 5. The minimum Gasteiger partial charge on any atom is -0.362 e. The normalized spacial score (nSPS) is 21.2. The van der Waals surface area contributed by atoms with Crippen LogP contribution in [0.25, 0.3) is 10.8 Å². The molecule has 7 nitrogen and oxygen atoms in total. The Balaban J connectivity index is 1.48. The van der Waals surface area contributed by atoms with E-state index in [0.29, 0.717) is 17.5 Å². The maximum absolute atomic E-state index is 9.39. The number of piperidine rings is 1. The van der Waals surface area contributed by atoms with Crippen LogP contribution in [0, 0.1) is 31.1 Å². The summed E-state index contributed by atoms with van der Waals surface area (Å²) in [6.45, 7) is 9.22. The zero-order valence-corrected chi connectivity index (χ0v) is 18.9. The molecule has 164 valence electrons. The molecule has 1 aromatic carbocycles. The number of fused-ring (bicyclic) bond motifs is 2. The van der Waals surface area contributed by atoms with Gasteiger partial charge in [0.25, 0.3) is 0 Å². The average molecular weight is 428 g/mol. The molecule has 3 atom stereocenters. The first-order chi connectivity index (χ1) is 15.5. The number of rotatable bonds is 4. The molecular formula is C25H29N7. The van der Waals surface area contributed by atoms with Crippen LogP contribution in [0.5, 0.6) is 0 Å². The monoisotopic (exact) mass is 427 g/mol. The van der Waals surface area contributed by atoms with Gasteiger partial charge < -0.3 is 15.5 Å². The highest BCUT2D eigenvalue weighted by Crippen LogP contribution is 2.33. The molecule has 2 saturated heterocycles. The summed E-state index contributed by atoms with van der Waals surface area (Å²) in [7, 11) is 0. The number of hydrogen-bond donors (Lipinski definition) is 2.